The van der Waals surface area contributed by atoms with Crippen molar-refractivity contribution in [3.63, 3.8) is 0 Å². The van der Waals surface area contributed by atoms with Crippen LogP contribution in [0.3, 0.4) is 0 Å². The van der Waals surface area contributed by atoms with Crippen molar-refractivity contribution in [2.45, 2.75) is 19.3 Å². The molecular weight excluding hydrogens is 168 g/mol. The minimum atomic E-state index is -0.326. The van der Waals surface area contributed by atoms with Crippen molar-refractivity contribution in [1.29, 1.82) is 0 Å². The number of cyclic esters (lactones) is 1. The molecule has 1 heterocycles. The molecule has 1 saturated heterocycles. The number of carbonyl (C=O) groups excluding carboxylic acids is 1. The Hall–Kier alpha value is -1.35. The molecule has 3 heteroatoms. The lowest BCUT2D eigenvalue weighted by Gasteiger charge is -2.25. The van der Waals surface area contributed by atoms with E-state index in [1.54, 1.807) is 0 Å². The molecule has 1 aromatic carbocycles. The molecule has 0 aromatic heterocycles. The maximum absolute atomic E-state index is 10.4. The van der Waals surface area contributed by atoms with Crippen molar-refractivity contribution in [3.05, 3.63) is 35.9 Å². The van der Waals surface area contributed by atoms with E-state index in [2.05, 4.69) is 0 Å². The minimum absolute atomic E-state index is 0.182. The van der Waals surface area contributed by atoms with Crippen molar-refractivity contribution < 1.29 is 14.3 Å². The fraction of sp³-hybridized carbons (Fsp3) is 0.300. The van der Waals surface area contributed by atoms with Crippen LogP contribution in [0.2, 0.25) is 0 Å². The van der Waals surface area contributed by atoms with Gasteiger partial charge in [-0.25, -0.2) is 0 Å². The third-order valence-electron chi connectivity index (χ3n) is 1.87. The monoisotopic (exact) mass is 178 g/mol. The smallest absolute Gasteiger partial charge is 0.314 e. The van der Waals surface area contributed by atoms with E-state index < -0.39 is 0 Å². The summed E-state index contributed by atoms with van der Waals surface area (Å²) in [4.78, 5) is 10.4. The second-order valence-electron chi connectivity index (χ2n) is 2.92. The van der Waals surface area contributed by atoms with Gasteiger partial charge in [0.2, 0.25) is 6.29 Å². The summed E-state index contributed by atoms with van der Waals surface area (Å²) < 4.78 is 9.99. The average molecular weight is 178 g/mol. The van der Waals surface area contributed by atoms with Crippen LogP contribution in [0.1, 0.15) is 12.0 Å². The van der Waals surface area contributed by atoms with Gasteiger partial charge in [-0.05, 0) is 5.56 Å². The van der Waals surface area contributed by atoms with Gasteiger partial charge in [0, 0.05) is 0 Å². The predicted octanol–water partition coefficient (Wildman–Crippen LogP) is 1.48. The third-order valence-corrected chi connectivity index (χ3v) is 1.87. The van der Waals surface area contributed by atoms with Crippen LogP contribution < -0.4 is 0 Å². The Bertz CT molecular complexity index is 286. The highest BCUT2D eigenvalue weighted by molar-refractivity contribution is 5.74. The standard InChI is InChI=1S/C10H10O3/c11-9-6-10(13-9)12-7-8-4-2-1-3-5-8/h1-5,10H,6-7H2. The highest BCUT2D eigenvalue weighted by atomic mass is 16.7. The summed E-state index contributed by atoms with van der Waals surface area (Å²) in [5, 5.41) is 0. The van der Waals surface area contributed by atoms with Gasteiger partial charge in [-0.3, -0.25) is 4.79 Å². The highest BCUT2D eigenvalue weighted by Crippen LogP contribution is 2.16. The molecule has 68 valence electrons. The van der Waals surface area contributed by atoms with Crippen LogP contribution in [0.4, 0.5) is 0 Å². The van der Waals surface area contributed by atoms with Gasteiger partial charge in [0.15, 0.2) is 0 Å². The summed E-state index contributed by atoms with van der Waals surface area (Å²) >= 11 is 0. The summed E-state index contributed by atoms with van der Waals surface area (Å²) in [5.41, 5.74) is 1.09. The zero-order valence-electron chi connectivity index (χ0n) is 7.10. The van der Waals surface area contributed by atoms with Crippen LogP contribution >= 0.6 is 0 Å². The number of esters is 1. The Balaban J connectivity index is 1.77. The van der Waals surface area contributed by atoms with E-state index in [4.69, 9.17) is 9.47 Å². The van der Waals surface area contributed by atoms with Gasteiger partial charge in [0.05, 0.1) is 6.61 Å². The number of rotatable bonds is 3. The molecule has 1 aliphatic heterocycles. The predicted molar refractivity (Wildman–Crippen MR) is 45.7 cm³/mol. The SMILES string of the molecule is O=C1CC(OCc2ccccc2)O1. The maximum Gasteiger partial charge on any atom is 0.314 e. The third kappa shape index (κ3) is 2.06. The first-order valence-corrected chi connectivity index (χ1v) is 4.19. The Morgan fingerprint density at radius 3 is 2.69 bits per heavy atom. The average Bonchev–Trinajstić information content (AvgIpc) is 2.12. The second kappa shape index (κ2) is 3.58. The van der Waals surface area contributed by atoms with E-state index in [0.29, 0.717) is 13.0 Å². The molecule has 1 aliphatic rings. The molecule has 0 amide bonds. The van der Waals surface area contributed by atoms with Gasteiger partial charge in [0.25, 0.3) is 0 Å². The second-order valence-corrected chi connectivity index (χ2v) is 2.92. The highest BCUT2D eigenvalue weighted by Gasteiger charge is 2.28. The molecule has 0 spiro atoms. The van der Waals surface area contributed by atoms with Gasteiger partial charge in [-0.1, -0.05) is 30.3 Å². The van der Waals surface area contributed by atoms with Gasteiger partial charge in [-0.2, -0.15) is 0 Å². The summed E-state index contributed by atoms with van der Waals surface area (Å²) in [5.74, 6) is -0.182. The van der Waals surface area contributed by atoms with E-state index in [0.717, 1.165) is 5.56 Å². The molecule has 0 saturated carbocycles. The first kappa shape index (κ1) is 8.26. The van der Waals surface area contributed by atoms with Crippen LogP contribution in [0, 0.1) is 0 Å². The van der Waals surface area contributed by atoms with E-state index in [9.17, 15) is 4.79 Å². The largest absolute Gasteiger partial charge is 0.435 e. The van der Waals surface area contributed by atoms with Gasteiger partial charge in [-0.15, -0.1) is 0 Å². The zero-order valence-corrected chi connectivity index (χ0v) is 7.10. The lowest BCUT2D eigenvalue weighted by molar-refractivity contribution is -0.220. The van der Waals surface area contributed by atoms with Crippen molar-refractivity contribution in [3.8, 4) is 0 Å². The summed E-state index contributed by atoms with van der Waals surface area (Å²) in [6.07, 6.45) is 0.0556. The van der Waals surface area contributed by atoms with Gasteiger partial charge >= 0.3 is 5.97 Å². The maximum atomic E-state index is 10.4. The normalized spacial score (nSPS) is 20.6. The van der Waals surface area contributed by atoms with E-state index in [1.807, 2.05) is 30.3 Å². The van der Waals surface area contributed by atoms with Crippen LogP contribution in [0.25, 0.3) is 0 Å². The summed E-state index contributed by atoms with van der Waals surface area (Å²) in [6.45, 7) is 0.499. The lowest BCUT2D eigenvalue weighted by Crippen LogP contribution is -2.34. The molecule has 0 N–H and O–H groups in total. The molecule has 1 aromatic rings. The van der Waals surface area contributed by atoms with Crippen LogP contribution in [0.5, 0.6) is 0 Å². The number of ether oxygens (including phenoxy) is 2. The first-order valence-electron chi connectivity index (χ1n) is 4.19. The van der Waals surface area contributed by atoms with E-state index in [-0.39, 0.29) is 12.3 Å². The topological polar surface area (TPSA) is 35.5 Å². The van der Waals surface area contributed by atoms with E-state index >= 15 is 0 Å². The Morgan fingerprint density at radius 1 is 1.38 bits per heavy atom. The van der Waals surface area contributed by atoms with Crippen molar-refractivity contribution in [2.75, 3.05) is 0 Å². The number of carbonyl (C=O) groups is 1. The molecule has 0 radical (unpaired) electrons. The lowest BCUT2D eigenvalue weighted by atomic mass is 10.2. The molecule has 1 unspecified atom stereocenters. The molecule has 3 nitrogen and oxygen atoms in total. The molecular formula is C10H10O3. The minimum Gasteiger partial charge on any atom is -0.435 e. The molecule has 0 bridgehead atoms. The molecule has 2 rings (SSSR count). The summed E-state index contributed by atoms with van der Waals surface area (Å²) in [7, 11) is 0. The van der Waals surface area contributed by atoms with E-state index in [1.165, 1.54) is 0 Å². The Labute approximate surface area is 76.3 Å². The summed E-state index contributed by atoms with van der Waals surface area (Å²) in [6, 6.07) is 9.80. The molecule has 13 heavy (non-hydrogen) atoms. The first-order chi connectivity index (χ1) is 6.34. The molecule has 1 fully saturated rings. The van der Waals surface area contributed by atoms with Crippen molar-refractivity contribution in [2.24, 2.45) is 0 Å². The number of hydrogen-bond acceptors (Lipinski definition) is 3. The van der Waals surface area contributed by atoms with Gasteiger partial charge in [0.1, 0.15) is 6.42 Å². The fourth-order valence-corrected chi connectivity index (χ4v) is 1.13. The molecule has 0 aliphatic carbocycles. The Morgan fingerprint density at radius 2 is 2.08 bits per heavy atom. The van der Waals surface area contributed by atoms with Crippen molar-refractivity contribution in [1.82, 2.24) is 0 Å². The van der Waals surface area contributed by atoms with Crippen LogP contribution in [-0.4, -0.2) is 12.3 Å². The fourth-order valence-electron chi connectivity index (χ4n) is 1.13. The van der Waals surface area contributed by atoms with Crippen molar-refractivity contribution >= 4 is 5.97 Å². The van der Waals surface area contributed by atoms with Crippen LogP contribution in [-0.2, 0) is 20.9 Å². The molecule has 1 atom stereocenters. The quantitative estimate of drug-likeness (QED) is 0.657. The van der Waals surface area contributed by atoms with Crippen LogP contribution in [0.15, 0.2) is 30.3 Å². The number of hydrogen-bond donors (Lipinski definition) is 0. The zero-order chi connectivity index (χ0) is 9.10. The number of benzene rings is 1. The van der Waals surface area contributed by atoms with Gasteiger partial charge < -0.3 is 9.47 Å². The Kier molecular flexibility index (Phi) is 2.27.